The fraction of sp³-hybridized carbons (Fsp3) is 0.174. The van der Waals surface area contributed by atoms with Crippen molar-refractivity contribution in [3.05, 3.63) is 73.0 Å². The van der Waals surface area contributed by atoms with Gasteiger partial charge in [-0.3, -0.25) is 9.59 Å². The van der Waals surface area contributed by atoms with Gasteiger partial charge in [0.05, 0.1) is 13.5 Å². The molecule has 2 aromatic carbocycles. The van der Waals surface area contributed by atoms with E-state index in [1.54, 1.807) is 31.2 Å². The van der Waals surface area contributed by atoms with Crippen LogP contribution in [-0.4, -0.2) is 35.2 Å². The number of methoxy groups -OCH3 is 1. The molecule has 2 aromatic rings. The summed E-state index contributed by atoms with van der Waals surface area (Å²) in [6, 6.07) is 15.3. The maximum absolute atomic E-state index is 12.6. The predicted octanol–water partition coefficient (Wildman–Crippen LogP) is 3.77. The molecule has 0 saturated carbocycles. The van der Waals surface area contributed by atoms with Crippen LogP contribution in [0.1, 0.15) is 13.3 Å². The lowest BCUT2D eigenvalue weighted by Gasteiger charge is -2.32. The van der Waals surface area contributed by atoms with Crippen molar-refractivity contribution in [2.75, 3.05) is 12.4 Å². The van der Waals surface area contributed by atoms with E-state index in [4.69, 9.17) is 4.74 Å². The van der Waals surface area contributed by atoms with Crippen molar-refractivity contribution in [2.45, 2.75) is 18.9 Å². The van der Waals surface area contributed by atoms with Crippen LogP contribution in [0.25, 0.3) is 11.1 Å². The molecular weight excluding hydrogens is 366 g/mol. The topological polar surface area (TPSA) is 71.0 Å². The predicted molar refractivity (Wildman–Crippen MR) is 113 cm³/mol. The third-order valence-electron chi connectivity index (χ3n) is 5.14. The highest BCUT2D eigenvalue weighted by Crippen LogP contribution is 2.32. The summed E-state index contributed by atoms with van der Waals surface area (Å²) in [5, 5.41) is 2.88. The quantitative estimate of drug-likeness (QED) is 0.848. The normalized spacial score (nSPS) is 19.7. The fourth-order valence-corrected chi connectivity index (χ4v) is 3.56. The van der Waals surface area contributed by atoms with Crippen LogP contribution < -0.4 is 10.1 Å². The zero-order valence-electron chi connectivity index (χ0n) is 16.3. The Kier molecular flexibility index (Phi) is 4.76. The molecule has 29 heavy (non-hydrogen) atoms. The summed E-state index contributed by atoms with van der Waals surface area (Å²) in [6.07, 6.45) is 7.18. The highest BCUT2D eigenvalue weighted by atomic mass is 16.5. The van der Waals surface area contributed by atoms with Crippen molar-refractivity contribution in [3.63, 3.8) is 0 Å². The standard InChI is InChI=1S/C23H21N3O3/c1-23(22(28)25-20-9-5-6-14-26(20)23)15-21(27)24-17-12-10-16(11-13-17)18-7-3-4-8-19(18)29-2/h3-14H,15H2,1-2H3,(H,24,27)/t23-/m0/s1. The Hall–Kier alpha value is -3.67. The van der Waals surface area contributed by atoms with Gasteiger partial charge in [-0.05, 0) is 42.8 Å². The van der Waals surface area contributed by atoms with E-state index < -0.39 is 5.54 Å². The SMILES string of the molecule is COc1ccccc1-c1ccc(NC(=O)C[C@@]2(C)C(=O)N=C3C=CC=CN32)cc1. The van der Waals surface area contributed by atoms with E-state index in [2.05, 4.69) is 10.3 Å². The molecule has 0 aromatic heterocycles. The van der Waals surface area contributed by atoms with Crippen LogP contribution in [0.5, 0.6) is 5.75 Å². The molecule has 0 saturated heterocycles. The minimum Gasteiger partial charge on any atom is -0.496 e. The first kappa shape index (κ1) is 18.7. The summed E-state index contributed by atoms with van der Waals surface area (Å²) >= 11 is 0. The lowest BCUT2D eigenvalue weighted by atomic mass is 9.95. The number of carbonyl (C=O) groups is 2. The van der Waals surface area contributed by atoms with E-state index in [9.17, 15) is 9.59 Å². The number of aliphatic imine (C=N–C) groups is 1. The van der Waals surface area contributed by atoms with Gasteiger partial charge in [0.25, 0.3) is 5.91 Å². The second-order valence-electron chi connectivity index (χ2n) is 7.12. The van der Waals surface area contributed by atoms with Gasteiger partial charge < -0.3 is 15.0 Å². The van der Waals surface area contributed by atoms with E-state index in [1.165, 1.54) is 0 Å². The molecule has 6 nitrogen and oxygen atoms in total. The Morgan fingerprint density at radius 1 is 1.14 bits per heavy atom. The van der Waals surface area contributed by atoms with Crippen LogP contribution >= 0.6 is 0 Å². The van der Waals surface area contributed by atoms with Gasteiger partial charge >= 0.3 is 0 Å². The number of fused-ring (bicyclic) bond motifs is 1. The van der Waals surface area contributed by atoms with Crippen molar-refractivity contribution in [1.82, 2.24) is 4.90 Å². The van der Waals surface area contributed by atoms with Gasteiger partial charge in [0, 0.05) is 17.5 Å². The Morgan fingerprint density at radius 3 is 2.66 bits per heavy atom. The van der Waals surface area contributed by atoms with Crippen molar-refractivity contribution < 1.29 is 14.3 Å². The first-order valence-electron chi connectivity index (χ1n) is 9.32. The summed E-state index contributed by atoms with van der Waals surface area (Å²) in [5.41, 5.74) is 1.61. The monoisotopic (exact) mass is 387 g/mol. The number of hydrogen-bond donors (Lipinski definition) is 1. The Labute approximate surface area is 169 Å². The largest absolute Gasteiger partial charge is 0.496 e. The van der Waals surface area contributed by atoms with Crippen LogP contribution in [0.2, 0.25) is 0 Å². The summed E-state index contributed by atoms with van der Waals surface area (Å²) in [5.74, 6) is 0.793. The highest BCUT2D eigenvalue weighted by Gasteiger charge is 2.46. The van der Waals surface area contributed by atoms with Crippen molar-refractivity contribution in [3.8, 4) is 16.9 Å². The minimum absolute atomic E-state index is 0.00523. The zero-order valence-corrected chi connectivity index (χ0v) is 16.3. The molecule has 0 radical (unpaired) electrons. The molecule has 0 unspecified atom stereocenters. The van der Waals surface area contributed by atoms with Crippen LogP contribution in [0.15, 0.2) is 78.0 Å². The molecule has 1 N–H and O–H groups in total. The number of anilines is 1. The lowest BCUT2D eigenvalue weighted by molar-refractivity contribution is -0.128. The van der Waals surface area contributed by atoms with E-state index >= 15 is 0 Å². The molecule has 0 bridgehead atoms. The molecule has 2 heterocycles. The Balaban J connectivity index is 1.46. The van der Waals surface area contributed by atoms with Gasteiger partial charge in [0.15, 0.2) is 0 Å². The van der Waals surface area contributed by atoms with Crippen molar-refractivity contribution in [1.29, 1.82) is 0 Å². The van der Waals surface area contributed by atoms with Gasteiger partial charge in [0.1, 0.15) is 17.1 Å². The highest BCUT2D eigenvalue weighted by molar-refractivity contribution is 6.13. The number of carbonyl (C=O) groups excluding carboxylic acids is 2. The molecule has 146 valence electrons. The van der Waals surface area contributed by atoms with E-state index in [0.29, 0.717) is 11.5 Å². The average molecular weight is 387 g/mol. The van der Waals surface area contributed by atoms with Crippen LogP contribution in [0, 0.1) is 0 Å². The minimum atomic E-state index is -1.02. The van der Waals surface area contributed by atoms with Crippen LogP contribution in [-0.2, 0) is 9.59 Å². The second kappa shape index (κ2) is 7.39. The number of para-hydroxylation sites is 1. The molecule has 0 spiro atoms. The molecular formula is C23H21N3O3. The van der Waals surface area contributed by atoms with Gasteiger partial charge in [-0.2, -0.15) is 4.99 Å². The van der Waals surface area contributed by atoms with Crippen molar-refractivity contribution in [2.24, 2.45) is 4.99 Å². The van der Waals surface area contributed by atoms with E-state index in [1.807, 2.05) is 60.7 Å². The zero-order chi connectivity index (χ0) is 20.4. The van der Waals surface area contributed by atoms with Gasteiger partial charge in [-0.1, -0.05) is 36.4 Å². The number of nitrogens with one attached hydrogen (secondary N) is 1. The number of amidine groups is 1. The number of allylic oxidation sites excluding steroid dienone is 2. The molecule has 2 aliphatic rings. The van der Waals surface area contributed by atoms with E-state index in [-0.39, 0.29) is 18.2 Å². The first-order chi connectivity index (χ1) is 14.0. The van der Waals surface area contributed by atoms with Crippen LogP contribution in [0.4, 0.5) is 5.69 Å². The summed E-state index contributed by atoms with van der Waals surface area (Å²) in [7, 11) is 1.64. The van der Waals surface area contributed by atoms with Crippen molar-refractivity contribution >= 4 is 23.3 Å². The number of amides is 2. The van der Waals surface area contributed by atoms with Crippen LogP contribution in [0.3, 0.4) is 0 Å². The number of hydrogen-bond acceptors (Lipinski definition) is 4. The molecule has 4 rings (SSSR count). The molecule has 1 atom stereocenters. The smallest absolute Gasteiger partial charge is 0.274 e. The van der Waals surface area contributed by atoms with E-state index in [0.717, 1.165) is 16.9 Å². The number of nitrogens with zero attached hydrogens (tertiary/aromatic N) is 2. The lowest BCUT2D eigenvalue weighted by Crippen LogP contribution is -2.48. The van der Waals surface area contributed by atoms with Gasteiger partial charge in [0.2, 0.25) is 5.91 Å². The number of benzene rings is 2. The van der Waals surface area contributed by atoms with Gasteiger partial charge in [-0.25, -0.2) is 0 Å². The maximum Gasteiger partial charge on any atom is 0.274 e. The number of ether oxygens (including phenoxy) is 1. The molecule has 0 aliphatic carbocycles. The second-order valence-corrected chi connectivity index (χ2v) is 7.12. The molecule has 2 amide bonds. The maximum atomic E-state index is 12.6. The summed E-state index contributed by atoms with van der Waals surface area (Å²) in [4.78, 5) is 30.9. The Morgan fingerprint density at radius 2 is 1.90 bits per heavy atom. The Bertz CT molecular complexity index is 1050. The summed E-state index contributed by atoms with van der Waals surface area (Å²) in [6.45, 7) is 1.74. The fourth-order valence-electron chi connectivity index (χ4n) is 3.56. The van der Waals surface area contributed by atoms with Gasteiger partial charge in [-0.15, -0.1) is 0 Å². The molecule has 0 fully saturated rings. The average Bonchev–Trinajstić information content (AvgIpc) is 2.98. The molecule has 6 heteroatoms. The number of rotatable bonds is 5. The molecule has 2 aliphatic heterocycles. The summed E-state index contributed by atoms with van der Waals surface area (Å²) < 4.78 is 5.41. The first-order valence-corrected chi connectivity index (χ1v) is 9.32. The third kappa shape index (κ3) is 3.45. The third-order valence-corrected chi connectivity index (χ3v) is 5.14.